The van der Waals surface area contributed by atoms with Crippen LogP contribution in [0.25, 0.3) is 0 Å². The van der Waals surface area contributed by atoms with Gasteiger partial charge in [0.15, 0.2) is 0 Å². The Morgan fingerprint density at radius 1 is 0.593 bits per heavy atom. The molecular weight excluding hydrogens is 953 g/mol. The number of sulfonamides is 1. The number of nitrogens with one attached hydrogen (secondary N) is 1. The predicted octanol–water partition coefficient (Wildman–Crippen LogP) is 10.6. The van der Waals surface area contributed by atoms with Gasteiger partial charge < -0.3 is 15.2 Å². The number of methoxy groups -OCH3 is 2. The lowest BCUT2D eigenvalue weighted by atomic mass is 10.1. The van der Waals surface area contributed by atoms with Crippen LogP contribution in [0.3, 0.4) is 0 Å². The minimum Gasteiger partial charge on any atom is -0.496 e. The highest BCUT2D eigenvalue weighted by atomic mass is 35.7. The molecule has 0 saturated heterocycles. The Morgan fingerprint density at radius 3 is 1.51 bits per heavy atom. The standard InChI is InChI=1S/C19H13Cl3N2O4S.C13H11ClN2O2.C6H3Cl3O2S/c1-28-17-5-3-2-4-13(17)19(25)18-16(8-11(20)10-23-18)24-29(26,27)12-6-7-14(21)15(22)9-12;1-18-11-5-3-2-4-9(11)13(17)12-10(15)6-8(14)7-16-12;7-5-2-1-4(3-6(5)8)12(9,10)11/h2-10,24H,1H3;2-7H,15H2,1H3;1-3H. The third-order valence-corrected chi connectivity index (χ3v) is 12.1. The molecular formula is C38H27Cl7N4O8S2. The SMILES string of the molecule is COc1ccccc1C(=O)c1ncc(Cl)cc1N.COc1ccccc1C(=O)c1ncc(Cl)cc1NS(=O)(=O)c1ccc(Cl)c(Cl)c1.O=S(=O)(Cl)c1ccc(Cl)c(Cl)c1. The van der Waals surface area contributed by atoms with Crippen LogP contribution in [0.1, 0.15) is 32.1 Å². The number of nitrogens with two attached hydrogens (primary N) is 1. The van der Waals surface area contributed by atoms with Crippen molar-refractivity contribution in [3.8, 4) is 11.5 Å². The summed E-state index contributed by atoms with van der Waals surface area (Å²) in [5.74, 6) is -0.0150. The summed E-state index contributed by atoms with van der Waals surface area (Å²) in [6.45, 7) is 0. The molecule has 0 atom stereocenters. The maximum Gasteiger partial charge on any atom is 0.262 e. The first-order chi connectivity index (χ1) is 27.8. The Morgan fingerprint density at radius 2 is 1.03 bits per heavy atom. The molecule has 6 rings (SSSR count). The van der Waals surface area contributed by atoms with Crippen molar-refractivity contribution in [2.24, 2.45) is 0 Å². The summed E-state index contributed by atoms with van der Waals surface area (Å²) in [5, 5.41) is 1.28. The highest BCUT2D eigenvalue weighted by Crippen LogP contribution is 2.31. The molecule has 21 heteroatoms. The van der Waals surface area contributed by atoms with Crippen molar-refractivity contribution in [2.75, 3.05) is 24.7 Å². The van der Waals surface area contributed by atoms with E-state index in [9.17, 15) is 26.4 Å². The highest BCUT2D eigenvalue weighted by Gasteiger charge is 2.24. The number of carbonyl (C=O) groups excluding carboxylic acids is 2. The molecule has 0 saturated carbocycles. The van der Waals surface area contributed by atoms with Gasteiger partial charge in [0.05, 0.1) is 76.6 Å². The van der Waals surface area contributed by atoms with E-state index >= 15 is 0 Å². The molecule has 59 heavy (non-hydrogen) atoms. The first-order valence-electron chi connectivity index (χ1n) is 16.1. The molecule has 0 aliphatic rings. The summed E-state index contributed by atoms with van der Waals surface area (Å²) < 4.78 is 59.8. The third-order valence-electron chi connectivity index (χ3n) is 7.49. The number of halogens is 7. The summed E-state index contributed by atoms with van der Waals surface area (Å²) >= 11 is 34.6. The normalized spacial score (nSPS) is 10.9. The predicted molar refractivity (Wildman–Crippen MR) is 233 cm³/mol. The van der Waals surface area contributed by atoms with Crippen molar-refractivity contribution >= 4 is 122 Å². The van der Waals surface area contributed by atoms with Crippen LogP contribution in [0.2, 0.25) is 30.1 Å². The number of pyridine rings is 2. The number of para-hydroxylation sites is 2. The number of carbonyl (C=O) groups is 2. The number of hydrogen-bond donors (Lipinski definition) is 2. The second-order valence-corrected chi connectivity index (χ2v) is 18.1. The van der Waals surface area contributed by atoms with E-state index < -0.39 is 24.9 Å². The van der Waals surface area contributed by atoms with E-state index in [2.05, 4.69) is 14.7 Å². The summed E-state index contributed by atoms with van der Waals surface area (Å²) in [7, 11) is 0.173. The highest BCUT2D eigenvalue weighted by molar-refractivity contribution is 8.13. The molecule has 0 amide bonds. The van der Waals surface area contributed by atoms with Gasteiger partial charge in [0.1, 0.15) is 22.9 Å². The Bertz CT molecular complexity index is 2760. The van der Waals surface area contributed by atoms with Gasteiger partial charge in [0.25, 0.3) is 19.1 Å². The van der Waals surface area contributed by atoms with Crippen molar-refractivity contribution in [2.45, 2.75) is 9.79 Å². The van der Waals surface area contributed by atoms with E-state index in [1.54, 1.807) is 48.5 Å². The van der Waals surface area contributed by atoms with Crippen molar-refractivity contribution in [3.05, 3.63) is 162 Å². The van der Waals surface area contributed by atoms with Crippen molar-refractivity contribution in [1.29, 1.82) is 0 Å². The van der Waals surface area contributed by atoms with Crippen LogP contribution in [-0.4, -0.2) is 52.6 Å². The molecule has 0 spiro atoms. The number of rotatable bonds is 10. The first kappa shape index (κ1) is 47.3. The molecule has 4 aromatic carbocycles. The van der Waals surface area contributed by atoms with E-state index in [-0.39, 0.29) is 64.0 Å². The van der Waals surface area contributed by atoms with Gasteiger partial charge in [-0.3, -0.25) is 14.3 Å². The molecule has 0 fully saturated rings. The summed E-state index contributed by atoms with van der Waals surface area (Å²) in [6.07, 6.45) is 2.64. The van der Waals surface area contributed by atoms with Crippen LogP contribution in [-0.2, 0) is 19.1 Å². The number of hydrogen-bond acceptors (Lipinski definition) is 11. The maximum absolute atomic E-state index is 13.0. The Balaban J connectivity index is 0.000000217. The number of anilines is 2. The number of aromatic nitrogens is 2. The fourth-order valence-electron chi connectivity index (χ4n) is 4.74. The number of benzene rings is 4. The molecule has 2 aromatic heterocycles. The minimum absolute atomic E-state index is 0.0569. The fraction of sp³-hybridized carbons (Fsp3) is 0.0526. The number of ketones is 2. The van der Waals surface area contributed by atoms with Crippen LogP contribution >= 0.6 is 80.3 Å². The monoisotopic (exact) mass is 976 g/mol. The second kappa shape index (κ2) is 20.8. The molecule has 0 aliphatic heterocycles. The zero-order valence-corrected chi connectivity index (χ0v) is 37.0. The molecule has 2 heterocycles. The van der Waals surface area contributed by atoms with Crippen molar-refractivity contribution < 1.29 is 35.9 Å². The van der Waals surface area contributed by atoms with Crippen molar-refractivity contribution in [3.63, 3.8) is 0 Å². The number of ether oxygens (including phenoxy) is 2. The maximum atomic E-state index is 13.0. The fourth-order valence-corrected chi connectivity index (χ4v) is 7.65. The van der Waals surface area contributed by atoms with Crippen LogP contribution in [0.4, 0.5) is 11.4 Å². The topological polar surface area (TPSA) is 185 Å². The number of nitrogens with zero attached hydrogens (tertiary/aromatic N) is 2. The molecule has 3 N–H and O–H groups in total. The summed E-state index contributed by atoms with van der Waals surface area (Å²) in [5.41, 5.74) is 6.58. The molecule has 6 aromatic rings. The van der Waals surface area contributed by atoms with E-state index in [0.717, 1.165) is 0 Å². The average molecular weight is 980 g/mol. The van der Waals surface area contributed by atoms with Crippen LogP contribution in [0.5, 0.6) is 11.5 Å². The van der Waals surface area contributed by atoms with Crippen LogP contribution < -0.4 is 19.9 Å². The summed E-state index contributed by atoms with van der Waals surface area (Å²) in [6, 6.07) is 23.9. The van der Waals surface area contributed by atoms with Gasteiger partial charge in [-0.15, -0.1) is 0 Å². The Hall–Kier alpha value is -4.35. The average Bonchev–Trinajstić information content (AvgIpc) is 3.19. The van der Waals surface area contributed by atoms with E-state index in [1.807, 2.05) is 0 Å². The third kappa shape index (κ3) is 12.6. The second-order valence-electron chi connectivity index (χ2n) is 11.4. The van der Waals surface area contributed by atoms with Crippen LogP contribution in [0, 0.1) is 0 Å². The van der Waals surface area contributed by atoms with Crippen LogP contribution in [0.15, 0.2) is 119 Å². The van der Waals surface area contributed by atoms with Crippen molar-refractivity contribution in [1.82, 2.24) is 9.97 Å². The van der Waals surface area contributed by atoms with Gasteiger partial charge >= 0.3 is 0 Å². The van der Waals surface area contributed by atoms with Gasteiger partial charge in [-0.25, -0.2) is 26.8 Å². The summed E-state index contributed by atoms with van der Waals surface area (Å²) in [4.78, 5) is 33.1. The quantitative estimate of drug-likeness (QED) is 0.0983. The van der Waals surface area contributed by atoms with Gasteiger partial charge in [-0.1, -0.05) is 93.9 Å². The first-order valence-corrected chi connectivity index (χ1v) is 22.1. The zero-order chi connectivity index (χ0) is 43.7. The number of nitrogen functional groups attached to an aromatic ring is 1. The molecule has 0 bridgehead atoms. The van der Waals surface area contributed by atoms with Gasteiger partial charge in [0, 0.05) is 23.1 Å². The molecule has 0 radical (unpaired) electrons. The van der Waals surface area contributed by atoms with E-state index in [1.165, 1.54) is 75.1 Å². The lowest BCUT2D eigenvalue weighted by molar-refractivity contribution is 0.102. The Labute approximate surface area is 373 Å². The van der Waals surface area contributed by atoms with E-state index in [0.29, 0.717) is 27.1 Å². The van der Waals surface area contributed by atoms with Gasteiger partial charge in [0.2, 0.25) is 11.6 Å². The largest absolute Gasteiger partial charge is 0.496 e. The molecule has 0 unspecified atom stereocenters. The Kier molecular flexibility index (Phi) is 16.6. The zero-order valence-electron chi connectivity index (χ0n) is 30.1. The molecule has 0 aliphatic carbocycles. The molecule has 12 nitrogen and oxygen atoms in total. The minimum atomic E-state index is -4.10. The van der Waals surface area contributed by atoms with Gasteiger partial charge in [-0.05, 0) is 72.8 Å². The van der Waals surface area contributed by atoms with E-state index in [4.69, 9.17) is 95.5 Å². The smallest absolute Gasteiger partial charge is 0.262 e. The van der Waals surface area contributed by atoms with Gasteiger partial charge in [-0.2, -0.15) is 0 Å². The lowest BCUT2D eigenvalue weighted by Crippen LogP contribution is -2.17. The lowest BCUT2D eigenvalue weighted by Gasteiger charge is -2.13. The molecule has 308 valence electrons.